The molecule has 0 aliphatic carbocycles. The summed E-state index contributed by atoms with van der Waals surface area (Å²) in [4.78, 5) is 3.03. The number of benzene rings is 2. The predicted molar refractivity (Wildman–Crippen MR) is 80.9 cm³/mol. The van der Waals surface area contributed by atoms with Gasteiger partial charge >= 0.3 is 0 Å². The molecule has 0 aliphatic rings. The van der Waals surface area contributed by atoms with Gasteiger partial charge in [-0.05, 0) is 53.3 Å². The molecule has 0 atom stereocenters. The van der Waals surface area contributed by atoms with Gasteiger partial charge in [-0.3, -0.25) is 4.57 Å². The summed E-state index contributed by atoms with van der Waals surface area (Å²) in [5.41, 5.74) is 3.68. The van der Waals surface area contributed by atoms with Crippen LogP contribution in [0.3, 0.4) is 0 Å². The Morgan fingerprint density at radius 3 is 2.58 bits per heavy atom. The van der Waals surface area contributed by atoms with Crippen molar-refractivity contribution in [2.45, 2.75) is 6.92 Å². The van der Waals surface area contributed by atoms with Crippen LogP contribution in [0.15, 0.2) is 40.9 Å². The van der Waals surface area contributed by atoms with E-state index in [-0.39, 0.29) is 5.82 Å². The van der Waals surface area contributed by atoms with E-state index < -0.39 is 0 Å². The van der Waals surface area contributed by atoms with Gasteiger partial charge in [0, 0.05) is 11.8 Å². The smallest absolute Gasteiger partial charge is 0.182 e. The van der Waals surface area contributed by atoms with Crippen LogP contribution in [0, 0.1) is 17.5 Å². The number of nitrogens with zero attached hydrogens (tertiary/aromatic N) is 1. The van der Waals surface area contributed by atoms with Gasteiger partial charge in [0.05, 0.1) is 15.5 Å². The van der Waals surface area contributed by atoms with Crippen LogP contribution in [0.1, 0.15) is 5.56 Å². The van der Waals surface area contributed by atoms with Crippen LogP contribution in [0.5, 0.6) is 0 Å². The number of fused-ring (bicyclic) bond motifs is 1. The van der Waals surface area contributed by atoms with Crippen molar-refractivity contribution in [3.05, 3.63) is 57.0 Å². The molecular weight excluding hydrogens is 327 g/mol. The Hall–Kier alpha value is -1.46. The Bertz CT molecular complexity index is 818. The highest BCUT2D eigenvalue weighted by molar-refractivity contribution is 9.10. The van der Waals surface area contributed by atoms with E-state index in [2.05, 4.69) is 20.9 Å². The lowest BCUT2D eigenvalue weighted by atomic mass is 10.2. The highest BCUT2D eigenvalue weighted by Gasteiger charge is 2.10. The van der Waals surface area contributed by atoms with E-state index in [0.29, 0.717) is 14.8 Å². The van der Waals surface area contributed by atoms with Crippen LogP contribution < -0.4 is 0 Å². The maximum Gasteiger partial charge on any atom is 0.182 e. The summed E-state index contributed by atoms with van der Waals surface area (Å²) in [6.07, 6.45) is 0. The van der Waals surface area contributed by atoms with Crippen molar-refractivity contribution in [2.75, 3.05) is 0 Å². The molecule has 0 aliphatic heterocycles. The van der Waals surface area contributed by atoms with Crippen molar-refractivity contribution in [1.82, 2.24) is 9.55 Å². The number of aromatic amines is 1. The van der Waals surface area contributed by atoms with Gasteiger partial charge in [-0.1, -0.05) is 17.7 Å². The lowest BCUT2D eigenvalue weighted by Crippen LogP contribution is -1.94. The van der Waals surface area contributed by atoms with Crippen molar-refractivity contribution in [3.8, 4) is 5.69 Å². The molecule has 2 aromatic carbocycles. The van der Waals surface area contributed by atoms with Gasteiger partial charge in [0.2, 0.25) is 0 Å². The zero-order valence-electron chi connectivity index (χ0n) is 10.1. The minimum Gasteiger partial charge on any atom is -0.330 e. The first-order valence-corrected chi connectivity index (χ1v) is 6.93. The van der Waals surface area contributed by atoms with E-state index in [1.54, 1.807) is 6.07 Å². The number of H-pyrrole nitrogens is 1. The summed E-state index contributed by atoms with van der Waals surface area (Å²) in [7, 11) is 0. The van der Waals surface area contributed by atoms with Crippen molar-refractivity contribution in [2.24, 2.45) is 0 Å². The molecule has 3 rings (SSSR count). The van der Waals surface area contributed by atoms with Crippen LogP contribution in [0.4, 0.5) is 4.39 Å². The van der Waals surface area contributed by atoms with Crippen LogP contribution >= 0.6 is 28.1 Å². The molecule has 0 unspecified atom stereocenters. The summed E-state index contributed by atoms with van der Waals surface area (Å²) >= 11 is 8.53. The SMILES string of the molecule is Cc1ccc(-n2c(=S)[nH]c3cc(F)c(Br)cc32)cc1. The summed E-state index contributed by atoms with van der Waals surface area (Å²) in [6, 6.07) is 11.2. The molecule has 0 saturated carbocycles. The first-order chi connectivity index (χ1) is 9.06. The zero-order chi connectivity index (χ0) is 13.6. The van der Waals surface area contributed by atoms with Gasteiger partial charge in [-0.25, -0.2) is 4.39 Å². The van der Waals surface area contributed by atoms with E-state index in [4.69, 9.17) is 12.2 Å². The van der Waals surface area contributed by atoms with Gasteiger partial charge in [-0.2, -0.15) is 0 Å². The van der Waals surface area contributed by atoms with E-state index in [1.807, 2.05) is 35.8 Å². The first kappa shape index (κ1) is 12.6. The minimum atomic E-state index is -0.306. The lowest BCUT2D eigenvalue weighted by Gasteiger charge is -2.05. The monoisotopic (exact) mass is 336 g/mol. The number of rotatable bonds is 1. The molecule has 0 amide bonds. The quantitative estimate of drug-likeness (QED) is 0.627. The molecule has 1 heterocycles. The van der Waals surface area contributed by atoms with Gasteiger partial charge in [-0.15, -0.1) is 0 Å². The second-order valence-corrected chi connectivity index (χ2v) is 5.63. The Labute approximate surface area is 123 Å². The number of halogens is 2. The standard InChI is InChI=1S/C14H10BrFN2S/c1-8-2-4-9(5-3-8)18-13-6-10(15)11(16)7-12(13)17-14(18)19/h2-7H,1H3,(H,17,19). The third kappa shape index (κ3) is 2.13. The molecule has 5 heteroatoms. The maximum atomic E-state index is 13.5. The summed E-state index contributed by atoms with van der Waals surface area (Å²) in [5, 5.41) is 0. The number of hydrogen-bond donors (Lipinski definition) is 1. The number of aromatic nitrogens is 2. The molecular formula is C14H10BrFN2S. The first-order valence-electron chi connectivity index (χ1n) is 5.73. The number of nitrogens with one attached hydrogen (secondary N) is 1. The Morgan fingerprint density at radius 2 is 1.89 bits per heavy atom. The Kier molecular flexibility index (Phi) is 3.03. The van der Waals surface area contributed by atoms with Crippen LogP contribution in [-0.4, -0.2) is 9.55 Å². The fourth-order valence-electron chi connectivity index (χ4n) is 2.05. The Morgan fingerprint density at radius 1 is 1.21 bits per heavy atom. The van der Waals surface area contributed by atoms with Crippen LogP contribution in [0.25, 0.3) is 16.7 Å². The highest BCUT2D eigenvalue weighted by Crippen LogP contribution is 2.25. The minimum absolute atomic E-state index is 0.306. The summed E-state index contributed by atoms with van der Waals surface area (Å²) < 4.78 is 16.4. The molecule has 0 spiro atoms. The fraction of sp³-hybridized carbons (Fsp3) is 0.0714. The molecule has 2 nitrogen and oxygen atoms in total. The van der Waals surface area contributed by atoms with Crippen LogP contribution in [0.2, 0.25) is 0 Å². The van der Waals surface area contributed by atoms with E-state index in [1.165, 1.54) is 11.6 Å². The second kappa shape index (κ2) is 4.58. The molecule has 0 bridgehead atoms. The molecule has 96 valence electrons. The van der Waals surface area contributed by atoms with Crippen LogP contribution in [-0.2, 0) is 0 Å². The third-order valence-electron chi connectivity index (χ3n) is 3.02. The number of aryl methyl sites for hydroxylation is 1. The summed E-state index contributed by atoms with van der Waals surface area (Å²) in [5.74, 6) is -0.306. The van der Waals surface area contributed by atoms with E-state index in [9.17, 15) is 4.39 Å². The normalized spacial score (nSPS) is 11.1. The molecule has 3 aromatic rings. The molecule has 0 radical (unpaired) electrons. The highest BCUT2D eigenvalue weighted by atomic mass is 79.9. The van der Waals surface area contributed by atoms with Gasteiger partial charge in [0.15, 0.2) is 4.77 Å². The van der Waals surface area contributed by atoms with E-state index >= 15 is 0 Å². The fourth-order valence-corrected chi connectivity index (χ4v) is 2.70. The Balaban J connectivity index is 2.34. The number of imidazole rings is 1. The number of hydrogen-bond acceptors (Lipinski definition) is 1. The average molecular weight is 337 g/mol. The maximum absolute atomic E-state index is 13.5. The summed E-state index contributed by atoms with van der Waals surface area (Å²) in [6.45, 7) is 2.03. The molecule has 0 saturated heterocycles. The van der Waals surface area contributed by atoms with Crippen molar-refractivity contribution >= 4 is 39.2 Å². The van der Waals surface area contributed by atoms with Crippen molar-refractivity contribution in [1.29, 1.82) is 0 Å². The van der Waals surface area contributed by atoms with E-state index in [0.717, 1.165) is 11.2 Å². The van der Waals surface area contributed by atoms with Crippen molar-refractivity contribution < 1.29 is 4.39 Å². The largest absolute Gasteiger partial charge is 0.330 e. The topological polar surface area (TPSA) is 20.7 Å². The van der Waals surface area contributed by atoms with Gasteiger partial charge in [0.1, 0.15) is 5.82 Å². The molecule has 1 aromatic heterocycles. The second-order valence-electron chi connectivity index (χ2n) is 4.38. The van der Waals surface area contributed by atoms with Gasteiger partial charge < -0.3 is 4.98 Å². The average Bonchev–Trinajstić information content (AvgIpc) is 2.67. The lowest BCUT2D eigenvalue weighted by molar-refractivity contribution is 0.623. The molecule has 1 N–H and O–H groups in total. The third-order valence-corrected chi connectivity index (χ3v) is 3.91. The predicted octanol–water partition coefficient (Wildman–Crippen LogP) is 4.90. The molecule has 19 heavy (non-hydrogen) atoms. The molecule has 0 fully saturated rings. The van der Waals surface area contributed by atoms with Gasteiger partial charge in [0.25, 0.3) is 0 Å². The van der Waals surface area contributed by atoms with Crippen molar-refractivity contribution in [3.63, 3.8) is 0 Å². The zero-order valence-corrected chi connectivity index (χ0v) is 12.5.